The average Bonchev–Trinajstić information content (AvgIpc) is 3.08. The van der Waals surface area contributed by atoms with Crippen molar-refractivity contribution in [3.63, 3.8) is 0 Å². The molecule has 3 nitrogen and oxygen atoms in total. The Kier molecular flexibility index (Phi) is 3.97. The maximum Gasteiger partial charge on any atom is 0.118 e. The van der Waals surface area contributed by atoms with Crippen molar-refractivity contribution in [1.82, 2.24) is 10.2 Å². The molecular formula is C14H22N2OS. The number of nitrogens with one attached hydrogen (secondary N) is 1. The fraction of sp³-hybridized carbons (Fsp3) is 0.714. The van der Waals surface area contributed by atoms with Crippen molar-refractivity contribution >= 4 is 11.8 Å². The minimum Gasteiger partial charge on any atom is -0.463 e. The molecule has 2 fully saturated rings. The van der Waals surface area contributed by atoms with Crippen LogP contribution in [0.4, 0.5) is 0 Å². The van der Waals surface area contributed by atoms with E-state index in [1.807, 2.05) is 0 Å². The summed E-state index contributed by atoms with van der Waals surface area (Å²) in [6.45, 7) is 6.53. The molecule has 0 bridgehead atoms. The van der Waals surface area contributed by atoms with E-state index < -0.39 is 0 Å². The minimum atomic E-state index is 0.749. The van der Waals surface area contributed by atoms with Crippen molar-refractivity contribution in [2.45, 2.75) is 44.1 Å². The fourth-order valence-corrected chi connectivity index (χ4v) is 3.47. The van der Waals surface area contributed by atoms with Crippen molar-refractivity contribution in [3.8, 4) is 0 Å². The summed E-state index contributed by atoms with van der Waals surface area (Å²) < 4.78 is 5.89. The zero-order valence-electron chi connectivity index (χ0n) is 11.0. The van der Waals surface area contributed by atoms with Gasteiger partial charge in [0.1, 0.15) is 11.5 Å². The van der Waals surface area contributed by atoms with Gasteiger partial charge in [0.25, 0.3) is 0 Å². The summed E-state index contributed by atoms with van der Waals surface area (Å²) in [6, 6.07) is 5.00. The molecule has 0 radical (unpaired) electrons. The van der Waals surface area contributed by atoms with E-state index in [1.165, 1.54) is 31.7 Å². The number of rotatable bonds is 5. The predicted molar refractivity (Wildman–Crippen MR) is 75.8 cm³/mol. The van der Waals surface area contributed by atoms with Crippen molar-refractivity contribution in [2.24, 2.45) is 0 Å². The lowest BCUT2D eigenvalue weighted by atomic mass is 10.3. The zero-order valence-corrected chi connectivity index (χ0v) is 11.8. The van der Waals surface area contributed by atoms with Crippen molar-refractivity contribution in [3.05, 3.63) is 23.7 Å². The van der Waals surface area contributed by atoms with Crippen LogP contribution >= 0.6 is 11.8 Å². The molecule has 0 spiro atoms. The predicted octanol–water partition coefficient (Wildman–Crippen LogP) is 2.47. The summed E-state index contributed by atoms with van der Waals surface area (Å²) >= 11 is 2.07. The van der Waals surface area contributed by atoms with E-state index >= 15 is 0 Å². The number of hydrogen-bond acceptors (Lipinski definition) is 4. The number of furan rings is 1. The first-order valence-electron chi connectivity index (χ1n) is 6.94. The molecule has 1 aliphatic heterocycles. The summed E-state index contributed by atoms with van der Waals surface area (Å²) in [4.78, 5) is 2.50. The van der Waals surface area contributed by atoms with Crippen molar-refractivity contribution in [2.75, 3.05) is 18.8 Å². The second kappa shape index (κ2) is 5.68. The molecule has 100 valence electrons. The normalized spacial score (nSPS) is 25.5. The second-order valence-corrected chi connectivity index (χ2v) is 6.99. The van der Waals surface area contributed by atoms with Gasteiger partial charge in [0, 0.05) is 30.1 Å². The molecule has 1 N–H and O–H groups in total. The Morgan fingerprint density at radius 2 is 2.22 bits per heavy atom. The first-order chi connectivity index (χ1) is 8.79. The summed E-state index contributed by atoms with van der Waals surface area (Å²) in [6.07, 6.45) is 2.66. The highest BCUT2D eigenvalue weighted by atomic mass is 32.2. The van der Waals surface area contributed by atoms with Crippen LogP contribution in [0, 0.1) is 0 Å². The van der Waals surface area contributed by atoms with Gasteiger partial charge in [-0.15, -0.1) is 0 Å². The van der Waals surface area contributed by atoms with Gasteiger partial charge in [0.05, 0.1) is 13.1 Å². The van der Waals surface area contributed by atoms with Crippen LogP contribution in [0.2, 0.25) is 0 Å². The molecule has 1 atom stereocenters. The average molecular weight is 266 g/mol. The van der Waals surface area contributed by atoms with Crippen molar-refractivity contribution < 1.29 is 4.42 Å². The third kappa shape index (κ3) is 3.53. The van der Waals surface area contributed by atoms with Gasteiger partial charge < -0.3 is 9.73 Å². The molecule has 0 amide bonds. The van der Waals surface area contributed by atoms with E-state index in [0.29, 0.717) is 0 Å². The van der Waals surface area contributed by atoms with Crippen LogP contribution in [0.1, 0.15) is 31.3 Å². The molecule has 18 heavy (non-hydrogen) atoms. The monoisotopic (exact) mass is 266 g/mol. The lowest BCUT2D eigenvalue weighted by molar-refractivity contribution is 0.251. The number of hydrogen-bond donors (Lipinski definition) is 1. The van der Waals surface area contributed by atoms with Crippen LogP contribution in [0.5, 0.6) is 0 Å². The summed E-state index contributed by atoms with van der Waals surface area (Å²) in [5.74, 6) is 3.44. The maximum atomic E-state index is 5.89. The second-order valence-electron chi connectivity index (χ2n) is 5.44. The third-order valence-electron chi connectivity index (χ3n) is 3.56. The van der Waals surface area contributed by atoms with E-state index in [4.69, 9.17) is 4.42 Å². The molecule has 1 aromatic heterocycles. The standard InChI is InChI=1S/C14H22N2OS/c1-11-9-16(6-7-18-11)10-14-5-4-13(17-14)8-15-12-2-3-12/h4-5,11-12,15H,2-3,6-10H2,1H3. The Morgan fingerprint density at radius 3 is 3.00 bits per heavy atom. The zero-order chi connectivity index (χ0) is 12.4. The van der Waals surface area contributed by atoms with Crippen LogP contribution in [0.25, 0.3) is 0 Å². The van der Waals surface area contributed by atoms with Gasteiger partial charge in [-0.1, -0.05) is 6.92 Å². The first kappa shape index (κ1) is 12.6. The Hall–Kier alpha value is -0.450. The van der Waals surface area contributed by atoms with Gasteiger partial charge in [-0.05, 0) is 25.0 Å². The lowest BCUT2D eigenvalue weighted by Gasteiger charge is -2.29. The van der Waals surface area contributed by atoms with E-state index in [2.05, 4.69) is 41.0 Å². The van der Waals surface area contributed by atoms with Gasteiger partial charge >= 0.3 is 0 Å². The first-order valence-corrected chi connectivity index (χ1v) is 7.99. The molecule has 1 unspecified atom stereocenters. The molecule has 4 heteroatoms. The number of thioether (sulfide) groups is 1. The van der Waals surface area contributed by atoms with Gasteiger partial charge in [0.15, 0.2) is 0 Å². The van der Waals surface area contributed by atoms with Crippen LogP contribution in [0.3, 0.4) is 0 Å². The Labute approximate surface area is 113 Å². The summed E-state index contributed by atoms with van der Waals surface area (Å²) in [5.41, 5.74) is 0. The quantitative estimate of drug-likeness (QED) is 0.886. The minimum absolute atomic E-state index is 0.749. The van der Waals surface area contributed by atoms with Crippen LogP contribution in [-0.4, -0.2) is 35.0 Å². The third-order valence-corrected chi connectivity index (χ3v) is 4.70. The topological polar surface area (TPSA) is 28.4 Å². The molecule has 2 aliphatic rings. The van der Waals surface area contributed by atoms with Crippen LogP contribution < -0.4 is 5.32 Å². The molecule has 2 heterocycles. The van der Waals surface area contributed by atoms with E-state index in [9.17, 15) is 0 Å². The molecule has 1 aliphatic carbocycles. The SMILES string of the molecule is CC1CN(Cc2ccc(CNC3CC3)o2)CCS1. The number of nitrogens with zero attached hydrogens (tertiary/aromatic N) is 1. The lowest BCUT2D eigenvalue weighted by Crippen LogP contribution is -2.35. The van der Waals surface area contributed by atoms with Crippen LogP contribution in [0.15, 0.2) is 16.5 Å². The highest BCUT2D eigenvalue weighted by Gasteiger charge is 2.21. The summed E-state index contributed by atoms with van der Waals surface area (Å²) in [5, 5.41) is 4.24. The molecule has 1 aromatic rings. The highest BCUT2D eigenvalue weighted by molar-refractivity contribution is 7.99. The van der Waals surface area contributed by atoms with E-state index in [-0.39, 0.29) is 0 Å². The summed E-state index contributed by atoms with van der Waals surface area (Å²) in [7, 11) is 0. The molecule has 0 aromatic carbocycles. The highest BCUT2D eigenvalue weighted by Crippen LogP contribution is 2.21. The Bertz CT molecular complexity index is 389. The molecular weight excluding hydrogens is 244 g/mol. The van der Waals surface area contributed by atoms with Gasteiger partial charge in [0.2, 0.25) is 0 Å². The van der Waals surface area contributed by atoms with Crippen molar-refractivity contribution in [1.29, 1.82) is 0 Å². The maximum absolute atomic E-state index is 5.89. The molecule has 1 saturated heterocycles. The van der Waals surface area contributed by atoms with Crippen LogP contribution in [-0.2, 0) is 13.1 Å². The largest absolute Gasteiger partial charge is 0.463 e. The van der Waals surface area contributed by atoms with Gasteiger partial charge in [-0.2, -0.15) is 11.8 Å². The molecule has 1 saturated carbocycles. The van der Waals surface area contributed by atoms with E-state index in [1.54, 1.807) is 0 Å². The van der Waals surface area contributed by atoms with Gasteiger partial charge in [-0.25, -0.2) is 0 Å². The Morgan fingerprint density at radius 1 is 1.39 bits per heavy atom. The molecule has 3 rings (SSSR count). The smallest absolute Gasteiger partial charge is 0.118 e. The fourth-order valence-electron chi connectivity index (χ4n) is 2.39. The van der Waals surface area contributed by atoms with Gasteiger partial charge in [-0.3, -0.25) is 4.90 Å². The Balaban J connectivity index is 1.49. The van der Waals surface area contributed by atoms with E-state index in [0.717, 1.165) is 35.9 Å².